The van der Waals surface area contributed by atoms with E-state index in [9.17, 15) is 5.11 Å². The Hall–Kier alpha value is -3.90. The zero-order chi connectivity index (χ0) is 21.9. The van der Waals surface area contributed by atoms with Crippen molar-refractivity contribution in [2.45, 2.75) is 0 Å². The molecule has 0 radical (unpaired) electrons. The first-order valence-corrected chi connectivity index (χ1v) is 10.7. The topological polar surface area (TPSA) is 54.6 Å². The number of anilines is 1. The molecule has 0 atom stereocenters. The first kappa shape index (κ1) is 20.0. The minimum absolute atomic E-state index is 0.0379. The molecule has 1 aliphatic rings. The standard InChI is InChI=1S/C26H20N2O3S/c29-25(19-11-12-22-23(17-19)31-16-15-30-22)24(28-13-4-1-5-14-28)26(32)27-21-10-6-8-18-7-2-3-9-20(18)21/h1-14,17H,15-16H2,(H-,27,29,32)/p+1. The molecule has 0 saturated carbocycles. The van der Waals surface area contributed by atoms with Gasteiger partial charge in [0.25, 0.3) is 5.70 Å². The third-order valence-corrected chi connectivity index (χ3v) is 5.56. The third kappa shape index (κ3) is 3.88. The summed E-state index contributed by atoms with van der Waals surface area (Å²) in [7, 11) is 0. The Morgan fingerprint density at radius 2 is 1.59 bits per heavy atom. The van der Waals surface area contributed by atoms with E-state index in [1.54, 1.807) is 22.8 Å². The Morgan fingerprint density at radius 3 is 2.44 bits per heavy atom. The molecule has 6 heteroatoms. The molecule has 32 heavy (non-hydrogen) atoms. The second-order valence-electron chi connectivity index (χ2n) is 7.32. The van der Waals surface area contributed by atoms with Gasteiger partial charge in [-0.1, -0.05) is 54.7 Å². The lowest BCUT2D eigenvalue weighted by atomic mass is 10.1. The van der Waals surface area contributed by atoms with Crippen LogP contribution < -0.4 is 19.4 Å². The fourth-order valence-corrected chi connectivity index (χ4v) is 4.05. The van der Waals surface area contributed by atoms with E-state index in [1.807, 2.05) is 60.9 Å². The van der Waals surface area contributed by atoms with Crippen LogP contribution >= 0.6 is 12.2 Å². The van der Waals surface area contributed by atoms with Gasteiger partial charge in [0.05, 0.1) is 0 Å². The summed E-state index contributed by atoms with van der Waals surface area (Å²) < 4.78 is 13.1. The molecular weight excluding hydrogens is 420 g/mol. The summed E-state index contributed by atoms with van der Waals surface area (Å²) in [4.78, 5) is 0.393. The highest BCUT2D eigenvalue weighted by Gasteiger charge is 2.25. The Bertz CT molecular complexity index is 1330. The fraction of sp³-hybridized carbons (Fsp3) is 0.0769. The monoisotopic (exact) mass is 441 g/mol. The number of nitrogens with one attached hydrogen (secondary N) is 1. The highest BCUT2D eigenvalue weighted by molar-refractivity contribution is 7.81. The average molecular weight is 442 g/mol. The van der Waals surface area contributed by atoms with Crippen LogP contribution in [-0.4, -0.2) is 23.3 Å². The summed E-state index contributed by atoms with van der Waals surface area (Å²) in [5.74, 6) is 1.31. The van der Waals surface area contributed by atoms with E-state index in [-0.39, 0.29) is 5.76 Å². The van der Waals surface area contributed by atoms with Gasteiger partial charge in [-0.3, -0.25) is 0 Å². The van der Waals surface area contributed by atoms with E-state index < -0.39 is 0 Å². The molecule has 0 bridgehead atoms. The SMILES string of the molecule is OC(=C(C(=S)Nc1cccc2ccccc12)[n+]1ccccc1)c1ccc2c(c1)OCCO2. The molecule has 3 aromatic carbocycles. The van der Waals surface area contributed by atoms with Crippen molar-refractivity contribution < 1.29 is 19.1 Å². The molecule has 0 unspecified atom stereocenters. The number of hydrogen-bond donors (Lipinski definition) is 2. The number of thiocarbonyl (C=S) groups is 1. The van der Waals surface area contributed by atoms with Crippen molar-refractivity contribution in [2.75, 3.05) is 18.5 Å². The molecule has 0 aliphatic carbocycles. The summed E-state index contributed by atoms with van der Waals surface area (Å²) in [6, 6.07) is 25.2. The maximum atomic E-state index is 11.3. The summed E-state index contributed by atoms with van der Waals surface area (Å²) in [6.45, 7) is 0.987. The number of ether oxygens (including phenoxy) is 2. The molecule has 0 spiro atoms. The van der Waals surface area contributed by atoms with Gasteiger partial charge in [0.1, 0.15) is 13.2 Å². The van der Waals surface area contributed by atoms with Gasteiger partial charge in [0.15, 0.2) is 34.6 Å². The zero-order valence-electron chi connectivity index (χ0n) is 17.2. The lowest BCUT2D eigenvalue weighted by Crippen LogP contribution is -2.38. The number of hydrogen-bond acceptors (Lipinski definition) is 4. The zero-order valence-corrected chi connectivity index (χ0v) is 18.0. The van der Waals surface area contributed by atoms with Crippen molar-refractivity contribution in [3.8, 4) is 11.5 Å². The van der Waals surface area contributed by atoms with Gasteiger partial charge in [-0.25, -0.2) is 0 Å². The van der Waals surface area contributed by atoms with Gasteiger partial charge in [-0.2, -0.15) is 4.57 Å². The summed E-state index contributed by atoms with van der Waals surface area (Å²) in [6.07, 6.45) is 3.70. The quantitative estimate of drug-likeness (QED) is 0.197. The van der Waals surface area contributed by atoms with Crippen molar-refractivity contribution in [3.05, 3.63) is 96.8 Å². The molecule has 0 fully saturated rings. The van der Waals surface area contributed by atoms with Crippen LogP contribution in [0.4, 0.5) is 5.69 Å². The van der Waals surface area contributed by atoms with Gasteiger partial charge >= 0.3 is 0 Å². The lowest BCUT2D eigenvalue weighted by molar-refractivity contribution is -0.575. The van der Waals surface area contributed by atoms with Gasteiger partial charge in [-0.05, 0) is 29.7 Å². The Labute approximate surface area is 191 Å². The molecule has 0 saturated heterocycles. The maximum Gasteiger partial charge on any atom is 0.288 e. The largest absolute Gasteiger partial charge is 0.502 e. The molecule has 2 N–H and O–H groups in total. The van der Waals surface area contributed by atoms with Crippen molar-refractivity contribution in [2.24, 2.45) is 0 Å². The lowest BCUT2D eigenvalue weighted by Gasteiger charge is -2.19. The Kier molecular flexibility index (Phi) is 5.44. The fourth-order valence-electron chi connectivity index (χ4n) is 3.74. The number of aliphatic hydroxyl groups is 1. The number of rotatable bonds is 4. The second-order valence-corrected chi connectivity index (χ2v) is 7.73. The van der Waals surface area contributed by atoms with E-state index in [0.717, 1.165) is 16.5 Å². The van der Waals surface area contributed by atoms with E-state index in [2.05, 4.69) is 17.4 Å². The van der Waals surface area contributed by atoms with Crippen LogP contribution in [0.25, 0.3) is 22.2 Å². The van der Waals surface area contributed by atoms with Crippen LogP contribution in [0.3, 0.4) is 0 Å². The molecule has 0 amide bonds. The first-order valence-electron chi connectivity index (χ1n) is 10.3. The number of aromatic nitrogens is 1. The molecule has 158 valence electrons. The smallest absolute Gasteiger partial charge is 0.288 e. The minimum atomic E-state index is 0.0379. The Balaban J connectivity index is 1.59. The normalized spacial score (nSPS) is 13.4. The predicted octanol–water partition coefficient (Wildman–Crippen LogP) is 5.22. The molecule has 5 rings (SSSR count). The van der Waals surface area contributed by atoms with Crippen LogP contribution in [0.5, 0.6) is 11.5 Å². The average Bonchev–Trinajstić information content (AvgIpc) is 2.85. The van der Waals surface area contributed by atoms with E-state index in [0.29, 0.717) is 41.0 Å². The third-order valence-electron chi connectivity index (χ3n) is 5.27. The minimum Gasteiger partial charge on any atom is -0.502 e. The number of fused-ring (bicyclic) bond motifs is 2. The maximum absolute atomic E-state index is 11.3. The van der Waals surface area contributed by atoms with Crippen molar-refractivity contribution >= 4 is 45.1 Å². The van der Waals surface area contributed by atoms with Crippen LogP contribution in [-0.2, 0) is 0 Å². The molecule has 5 nitrogen and oxygen atoms in total. The molecular formula is C26H21N2O3S+. The Morgan fingerprint density at radius 1 is 0.844 bits per heavy atom. The predicted molar refractivity (Wildman–Crippen MR) is 130 cm³/mol. The number of benzene rings is 3. The summed E-state index contributed by atoms with van der Waals surface area (Å²) in [5, 5.41) is 16.8. The van der Waals surface area contributed by atoms with Gasteiger partial charge in [0.2, 0.25) is 0 Å². The summed E-state index contributed by atoms with van der Waals surface area (Å²) >= 11 is 5.79. The highest BCUT2D eigenvalue weighted by atomic mass is 32.1. The number of pyridine rings is 1. The highest BCUT2D eigenvalue weighted by Crippen LogP contribution is 2.33. The van der Waals surface area contributed by atoms with Crippen LogP contribution in [0.2, 0.25) is 0 Å². The van der Waals surface area contributed by atoms with Crippen molar-refractivity contribution in [1.82, 2.24) is 0 Å². The van der Waals surface area contributed by atoms with Crippen LogP contribution in [0.1, 0.15) is 5.56 Å². The second kappa shape index (κ2) is 8.69. The number of nitrogens with zero attached hydrogens (tertiary/aromatic N) is 1. The first-order chi connectivity index (χ1) is 15.7. The van der Waals surface area contributed by atoms with Gasteiger partial charge in [-0.15, -0.1) is 0 Å². The molecule has 2 heterocycles. The molecule has 4 aromatic rings. The van der Waals surface area contributed by atoms with E-state index in [1.165, 1.54) is 0 Å². The molecule has 1 aromatic heterocycles. The van der Waals surface area contributed by atoms with E-state index >= 15 is 0 Å². The van der Waals surface area contributed by atoms with Gasteiger partial charge < -0.3 is 19.9 Å². The van der Waals surface area contributed by atoms with Crippen molar-refractivity contribution in [1.29, 1.82) is 0 Å². The van der Waals surface area contributed by atoms with Gasteiger partial charge in [0, 0.05) is 28.8 Å². The van der Waals surface area contributed by atoms with Crippen molar-refractivity contribution in [3.63, 3.8) is 0 Å². The summed E-state index contributed by atoms with van der Waals surface area (Å²) in [5.41, 5.74) is 1.92. The van der Waals surface area contributed by atoms with E-state index in [4.69, 9.17) is 21.7 Å². The van der Waals surface area contributed by atoms with Crippen LogP contribution in [0, 0.1) is 0 Å². The molecule has 1 aliphatic heterocycles. The number of aliphatic hydroxyl groups excluding tert-OH is 1. The van der Waals surface area contributed by atoms with Crippen LogP contribution in [0.15, 0.2) is 91.3 Å².